The highest BCUT2D eigenvalue weighted by atomic mass is 16.3. The Bertz CT molecular complexity index is 406. The maximum atomic E-state index is 8.69. The van der Waals surface area contributed by atoms with Gasteiger partial charge >= 0.3 is 0 Å². The monoisotopic (exact) mass is 158 g/mol. The molecule has 0 aromatic carbocycles. The molecule has 0 unspecified atom stereocenters. The third-order valence-corrected chi connectivity index (χ3v) is 1.65. The van der Waals surface area contributed by atoms with Gasteiger partial charge in [0.1, 0.15) is 11.8 Å². The van der Waals surface area contributed by atoms with Crippen LogP contribution in [0.2, 0.25) is 0 Å². The van der Waals surface area contributed by atoms with Crippen molar-refractivity contribution in [3.05, 3.63) is 36.4 Å². The molecule has 3 nitrogen and oxygen atoms in total. The Kier molecular flexibility index (Phi) is 1.45. The summed E-state index contributed by atoms with van der Waals surface area (Å²) in [6.07, 6.45) is 4.98. The lowest BCUT2D eigenvalue weighted by molar-refractivity contribution is 0.582. The summed E-state index contributed by atoms with van der Waals surface area (Å²) in [4.78, 5) is 2.86. The molecule has 2 aromatic heterocycles. The molecule has 0 spiro atoms. The fraction of sp³-hybridized carbons (Fsp3) is 0. The SMILES string of the molecule is N#Cc1c[nH]cc1-c1ccco1. The van der Waals surface area contributed by atoms with Crippen molar-refractivity contribution in [3.63, 3.8) is 0 Å². The Morgan fingerprint density at radius 1 is 1.42 bits per heavy atom. The number of aromatic amines is 1. The summed E-state index contributed by atoms with van der Waals surface area (Å²) in [5, 5.41) is 8.69. The largest absolute Gasteiger partial charge is 0.464 e. The minimum absolute atomic E-state index is 0.602. The molecule has 0 amide bonds. The van der Waals surface area contributed by atoms with E-state index in [0.29, 0.717) is 11.3 Å². The van der Waals surface area contributed by atoms with Crippen molar-refractivity contribution in [2.45, 2.75) is 0 Å². The van der Waals surface area contributed by atoms with E-state index in [0.717, 1.165) is 5.56 Å². The van der Waals surface area contributed by atoms with Gasteiger partial charge in [0.25, 0.3) is 0 Å². The maximum Gasteiger partial charge on any atom is 0.136 e. The Morgan fingerprint density at radius 2 is 2.33 bits per heavy atom. The molecule has 0 saturated carbocycles. The second-order valence-corrected chi connectivity index (χ2v) is 2.37. The number of nitrogens with one attached hydrogen (secondary N) is 1. The first kappa shape index (κ1) is 6.74. The van der Waals surface area contributed by atoms with Gasteiger partial charge in [-0.2, -0.15) is 5.26 Å². The number of furan rings is 1. The van der Waals surface area contributed by atoms with E-state index in [-0.39, 0.29) is 0 Å². The number of rotatable bonds is 1. The van der Waals surface area contributed by atoms with Crippen LogP contribution in [0.5, 0.6) is 0 Å². The minimum Gasteiger partial charge on any atom is -0.464 e. The minimum atomic E-state index is 0.602. The molecule has 2 rings (SSSR count). The molecule has 0 aliphatic heterocycles. The van der Waals surface area contributed by atoms with Gasteiger partial charge < -0.3 is 9.40 Å². The molecule has 0 radical (unpaired) electrons. The standard InChI is InChI=1S/C9H6N2O/c10-4-7-5-11-6-8(7)9-2-1-3-12-9/h1-3,5-6,11H. The van der Waals surface area contributed by atoms with E-state index in [4.69, 9.17) is 9.68 Å². The summed E-state index contributed by atoms with van der Waals surface area (Å²) in [5.74, 6) is 0.716. The van der Waals surface area contributed by atoms with E-state index in [9.17, 15) is 0 Å². The summed E-state index contributed by atoms with van der Waals surface area (Å²) in [5.41, 5.74) is 1.41. The normalized spacial score (nSPS) is 9.58. The number of H-pyrrole nitrogens is 1. The van der Waals surface area contributed by atoms with Crippen LogP contribution >= 0.6 is 0 Å². The van der Waals surface area contributed by atoms with Crippen LogP contribution in [-0.4, -0.2) is 4.98 Å². The van der Waals surface area contributed by atoms with Crippen molar-refractivity contribution in [1.82, 2.24) is 4.98 Å². The third kappa shape index (κ3) is 0.903. The van der Waals surface area contributed by atoms with E-state index in [1.165, 1.54) is 0 Å². The first-order valence-electron chi connectivity index (χ1n) is 3.52. The quantitative estimate of drug-likeness (QED) is 0.691. The Balaban J connectivity index is 2.55. The Morgan fingerprint density at radius 3 is 3.00 bits per heavy atom. The average Bonchev–Trinajstić information content (AvgIpc) is 2.74. The van der Waals surface area contributed by atoms with Crippen molar-refractivity contribution in [2.24, 2.45) is 0 Å². The Hall–Kier alpha value is -1.95. The summed E-state index contributed by atoms with van der Waals surface area (Å²) in [6, 6.07) is 5.69. The first-order chi connectivity index (χ1) is 5.92. The number of hydrogen-bond acceptors (Lipinski definition) is 2. The van der Waals surface area contributed by atoms with Crippen LogP contribution in [0.25, 0.3) is 11.3 Å². The lowest BCUT2D eigenvalue weighted by Gasteiger charge is -1.89. The second kappa shape index (κ2) is 2.59. The van der Waals surface area contributed by atoms with E-state index in [1.54, 1.807) is 24.7 Å². The molecule has 0 aliphatic rings. The molecule has 12 heavy (non-hydrogen) atoms. The molecule has 1 N–H and O–H groups in total. The smallest absolute Gasteiger partial charge is 0.136 e. The predicted molar refractivity (Wildman–Crippen MR) is 43.2 cm³/mol. The highest BCUT2D eigenvalue weighted by Gasteiger charge is 2.06. The summed E-state index contributed by atoms with van der Waals surface area (Å²) in [6.45, 7) is 0. The van der Waals surface area contributed by atoms with Crippen molar-refractivity contribution in [2.75, 3.05) is 0 Å². The number of aromatic nitrogens is 1. The van der Waals surface area contributed by atoms with Gasteiger partial charge in [-0.3, -0.25) is 0 Å². The fourth-order valence-corrected chi connectivity index (χ4v) is 1.09. The van der Waals surface area contributed by atoms with Gasteiger partial charge in [-0.25, -0.2) is 0 Å². The van der Waals surface area contributed by atoms with Crippen LogP contribution in [0.15, 0.2) is 35.2 Å². The van der Waals surface area contributed by atoms with Crippen LogP contribution in [0.1, 0.15) is 5.56 Å². The summed E-state index contributed by atoms with van der Waals surface area (Å²) < 4.78 is 5.15. The third-order valence-electron chi connectivity index (χ3n) is 1.65. The molecular weight excluding hydrogens is 152 g/mol. The topological polar surface area (TPSA) is 52.7 Å². The lowest BCUT2D eigenvalue weighted by atomic mass is 10.2. The molecule has 0 fully saturated rings. The highest BCUT2D eigenvalue weighted by molar-refractivity contribution is 5.64. The lowest BCUT2D eigenvalue weighted by Crippen LogP contribution is -1.72. The van der Waals surface area contributed by atoms with Crippen LogP contribution < -0.4 is 0 Å². The maximum absolute atomic E-state index is 8.69. The van der Waals surface area contributed by atoms with Crippen LogP contribution in [-0.2, 0) is 0 Å². The van der Waals surface area contributed by atoms with Crippen LogP contribution in [0.4, 0.5) is 0 Å². The zero-order valence-corrected chi connectivity index (χ0v) is 6.24. The van der Waals surface area contributed by atoms with E-state index in [1.807, 2.05) is 6.07 Å². The summed E-state index contributed by atoms with van der Waals surface area (Å²) in [7, 11) is 0. The van der Waals surface area contributed by atoms with Crippen molar-refractivity contribution < 1.29 is 4.42 Å². The highest BCUT2D eigenvalue weighted by Crippen LogP contribution is 2.22. The van der Waals surface area contributed by atoms with E-state index < -0.39 is 0 Å². The number of nitriles is 1. The van der Waals surface area contributed by atoms with Crippen molar-refractivity contribution in [1.29, 1.82) is 5.26 Å². The zero-order chi connectivity index (χ0) is 8.39. The van der Waals surface area contributed by atoms with E-state index >= 15 is 0 Å². The number of hydrogen-bond donors (Lipinski definition) is 1. The second-order valence-electron chi connectivity index (χ2n) is 2.37. The van der Waals surface area contributed by atoms with Crippen LogP contribution in [0.3, 0.4) is 0 Å². The first-order valence-corrected chi connectivity index (χ1v) is 3.52. The fourth-order valence-electron chi connectivity index (χ4n) is 1.09. The molecule has 0 bridgehead atoms. The van der Waals surface area contributed by atoms with Gasteiger partial charge in [0, 0.05) is 12.4 Å². The van der Waals surface area contributed by atoms with Crippen molar-refractivity contribution in [3.8, 4) is 17.4 Å². The van der Waals surface area contributed by atoms with Gasteiger partial charge in [-0.05, 0) is 12.1 Å². The zero-order valence-electron chi connectivity index (χ0n) is 6.24. The van der Waals surface area contributed by atoms with Gasteiger partial charge in [0.15, 0.2) is 0 Å². The average molecular weight is 158 g/mol. The molecule has 2 aromatic rings. The molecule has 58 valence electrons. The molecule has 0 atom stereocenters. The molecule has 0 saturated heterocycles. The molecular formula is C9H6N2O. The van der Waals surface area contributed by atoms with Gasteiger partial charge in [0.2, 0.25) is 0 Å². The van der Waals surface area contributed by atoms with Crippen LogP contribution in [0, 0.1) is 11.3 Å². The van der Waals surface area contributed by atoms with Crippen molar-refractivity contribution >= 4 is 0 Å². The van der Waals surface area contributed by atoms with Gasteiger partial charge in [-0.15, -0.1) is 0 Å². The number of nitrogens with zero attached hydrogens (tertiary/aromatic N) is 1. The molecule has 2 heterocycles. The van der Waals surface area contributed by atoms with Gasteiger partial charge in [0.05, 0.1) is 17.4 Å². The molecule has 3 heteroatoms. The molecule has 0 aliphatic carbocycles. The van der Waals surface area contributed by atoms with E-state index in [2.05, 4.69) is 11.1 Å². The Labute approximate surface area is 69.2 Å². The summed E-state index contributed by atoms with van der Waals surface area (Å²) >= 11 is 0. The predicted octanol–water partition coefficient (Wildman–Crippen LogP) is 2.15. The van der Waals surface area contributed by atoms with Gasteiger partial charge in [-0.1, -0.05) is 0 Å².